The molecule has 0 aliphatic carbocycles. The summed E-state index contributed by atoms with van der Waals surface area (Å²) >= 11 is 0. The number of nitrogens with zero attached hydrogens (tertiary/aromatic N) is 1. The van der Waals surface area contributed by atoms with E-state index in [9.17, 15) is 0 Å². The minimum Gasteiger partial charge on any atom is -0.497 e. The molecule has 2 heteroatoms. The molecule has 2 nitrogen and oxygen atoms in total. The van der Waals surface area contributed by atoms with E-state index in [0.29, 0.717) is 0 Å². The van der Waals surface area contributed by atoms with Gasteiger partial charge in [0.25, 0.3) is 0 Å². The average molecular weight is 224 g/mol. The third-order valence-corrected chi connectivity index (χ3v) is 3.20. The van der Waals surface area contributed by atoms with Gasteiger partial charge < -0.3 is 9.30 Å². The Hall–Kier alpha value is -1.96. The summed E-state index contributed by atoms with van der Waals surface area (Å²) in [6.07, 6.45) is 0. The summed E-state index contributed by atoms with van der Waals surface area (Å²) in [5.41, 5.74) is 2.41. The molecule has 0 unspecified atom stereocenters. The van der Waals surface area contributed by atoms with Crippen molar-refractivity contribution in [3.63, 3.8) is 0 Å². The number of rotatable bonds is 2. The molecule has 0 saturated carbocycles. The van der Waals surface area contributed by atoms with Crippen LogP contribution in [0.3, 0.4) is 0 Å². The van der Waals surface area contributed by atoms with Gasteiger partial charge in [0, 0.05) is 28.9 Å². The summed E-state index contributed by atoms with van der Waals surface area (Å²) in [5, 5.41) is 2.53. The van der Waals surface area contributed by atoms with Gasteiger partial charge in [-0.25, -0.2) is 0 Å². The molecule has 0 fully saturated rings. The zero-order valence-corrected chi connectivity index (χ0v) is 9.81. The van der Waals surface area contributed by atoms with Crippen LogP contribution in [0.25, 0.3) is 21.8 Å². The van der Waals surface area contributed by atoms with E-state index in [-0.39, 0.29) is 0 Å². The molecule has 2 aromatic carbocycles. The Kier molecular flexibility index (Phi) is 2.29. The Labute approximate surface area is 100 Å². The topological polar surface area (TPSA) is 14.2 Å². The highest BCUT2D eigenvalue weighted by atomic mass is 16.5. The zero-order valence-electron chi connectivity index (χ0n) is 9.81. The molecule has 85 valence electrons. The number of methoxy groups -OCH3 is 1. The van der Waals surface area contributed by atoms with E-state index in [0.717, 1.165) is 12.3 Å². The second kappa shape index (κ2) is 3.81. The van der Waals surface area contributed by atoms with Gasteiger partial charge in [-0.2, -0.15) is 0 Å². The van der Waals surface area contributed by atoms with Crippen LogP contribution in [0, 0.1) is 6.92 Å². The molecule has 0 bridgehead atoms. The van der Waals surface area contributed by atoms with Crippen LogP contribution in [0.15, 0.2) is 42.5 Å². The van der Waals surface area contributed by atoms with Crippen LogP contribution in [0.2, 0.25) is 0 Å². The summed E-state index contributed by atoms with van der Waals surface area (Å²) in [6, 6.07) is 14.6. The Morgan fingerprint density at radius 2 is 1.82 bits per heavy atom. The molecule has 17 heavy (non-hydrogen) atoms. The highest BCUT2D eigenvalue weighted by Gasteiger charge is 2.09. The third kappa shape index (κ3) is 1.41. The van der Waals surface area contributed by atoms with Crippen LogP contribution in [-0.2, 0) is 6.54 Å². The van der Waals surface area contributed by atoms with Crippen molar-refractivity contribution in [2.75, 3.05) is 7.11 Å². The van der Waals surface area contributed by atoms with E-state index in [1.54, 1.807) is 7.11 Å². The molecule has 1 radical (unpaired) electrons. The van der Waals surface area contributed by atoms with E-state index in [1.165, 1.54) is 21.8 Å². The summed E-state index contributed by atoms with van der Waals surface area (Å²) in [5.74, 6) is 0.884. The first-order chi connectivity index (χ1) is 8.35. The molecule has 3 rings (SSSR count). The predicted molar refractivity (Wildman–Crippen MR) is 71.4 cm³/mol. The van der Waals surface area contributed by atoms with Gasteiger partial charge in [0.15, 0.2) is 0 Å². The number of ether oxygens (including phenoxy) is 1. The normalized spacial score (nSPS) is 11.2. The second-order valence-electron chi connectivity index (χ2n) is 4.05. The van der Waals surface area contributed by atoms with Gasteiger partial charge in [-0.05, 0) is 25.1 Å². The maximum atomic E-state index is 5.28. The van der Waals surface area contributed by atoms with Crippen LogP contribution in [0.5, 0.6) is 5.75 Å². The van der Waals surface area contributed by atoms with Crippen molar-refractivity contribution in [1.82, 2.24) is 4.57 Å². The SMILES string of the molecule is [CH2]Cn1c2ccccc2c2ccc(OC)cc21. The van der Waals surface area contributed by atoms with Gasteiger partial charge in [0.2, 0.25) is 0 Å². The lowest BCUT2D eigenvalue weighted by Gasteiger charge is -2.04. The molecule has 1 heterocycles. The molecule has 0 amide bonds. The van der Waals surface area contributed by atoms with Gasteiger partial charge in [-0.15, -0.1) is 0 Å². The summed E-state index contributed by atoms with van der Waals surface area (Å²) < 4.78 is 7.50. The Balaban J connectivity index is 2.49. The number of para-hydroxylation sites is 1. The summed E-state index contributed by atoms with van der Waals surface area (Å²) in [4.78, 5) is 0. The van der Waals surface area contributed by atoms with Crippen molar-refractivity contribution in [3.8, 4) is 5.75 Å². The molecule has 3 aromatic rings. The molecule has 0 aliphatic heterocycles. The van der Waals surface area contributed by atoms with E-state index in [1.807, 2.05) is 6.07 Å². The molecule has 0 aliphatic rings. The molecule has 0 spiro atoms. The molecule has 0 N–H and O–H groups in total. The maximum Gasteiger partial charge on any atom is 0.120 e. The van der Waals surface area contributed by atoms with Crippen molar-refractivity contribution >= 4 is 21.8 Å². The number of hydrogen-bond acceptors (Lipinski definition) is 1. The fraction of sp³-hybridized carbons (Fsp3) is 0.133. The van der Waals surface area contributed by atoms with E-state index >= 15 is 0 Å². The monoisotopic (exact) mass is 224 g/mol. The van der Waals surface area contributed by atoms with Crippen LogP contribution in [0.4, 0.5) is 0 Å². The smallest absolute Gasteiger partial charge is 0.120 e. The van der Waals surface area contributed by atoms with E-state index in [2.05, 4.69) is 47.9 Å². The van der Waals surface area contributed by atoms with Gasteiger partial charge in [0.1, 0.15) is 5.75 Å². The number of hydrogen-bond donors (Lipinski definition) is 0. The minimum atomic E-state index is 0.719. The fourth-order valence-electron chi connectivity index (χ4n) is 2.40. The standard InChI is InChI=1S/C15H14NO/c1-3-16-14-7-5-4-6-12(14)13-9-8-11(17-2)10-15(13)16/h4-10H,1,3H2,2H3. The van der Waals surface area contributed by atoms with Crippen LogP contribution < -0.4 is 4.74 Å². The van der Waals surface area contributed by atoms with Crippen molar-refractivity contribution in [1.29, 1.82) is 0 Å². The number of aromatic nitrogens is 1. The van der Waals surface area contributed by atoms with Crippen molar-refractivity contribution in [3.05, 3.63) is 49.4 Å². The number of benzene rings is 2. The second-order valence-corrected chi connectivity index (χ2v) is 4.05. The maximum absolute atomic E-state index is 5.28. The Morgan fingerprint density at radius 3 is 2.59 bits per heavy atom. The van der Waals surface area contributed by atoms with Gasteiger partial charge in [-0.3, -0.25) is 0 Å². The Bertz CT molecular complexity index is 682. The molecular formula is C15H14NO. The van der Waals surface area contributed by atoms with Crippen molar-refractivity contribution in [2.24, 2.45) is 0 Å². The molecule has 1 aromatic heterocycles. The van der Waals surface area contributed by atoms with Crippen LogP contribution in [-0.4, -0.2) is 11.7 Å². The first-order valence-corrected chi connectivity index (χ1v) is 5.69. The first kappa shape index (κ1) is 10.2. The molecule has 0 saturated heterocycles. The third-order valence-electron chi connectivity index (χ3n) is 3.20. The fourth-order valence-corrected chi connectivity index (χ4v) is 2.40. The average Bonchev–Trinajstić information content (AvgIpc) is 2.71. The highest BCUT2D eigenvalue weighted by Crippen LogP contribution is 2.31. The Morgan fingerprint density at radius 1 is 1.06 bits per heavy atom. The van der Waals surface area contributed by atoms with E-state index < -0.39 is 0 Å². The highest BCUT2D eigenvalue weighted by molar-refractivity contribution is 6.08. The molecule has 0 atom stereocenters. The zero-order chi connectivity index (χ0) is 11.8. The number of fused-ring (bicyclic) bond motifs is 3. The predicted octanol–water partition coefficient (Wildman–Crippen LogP) is 3.64. The first-order valence-electron chi connectivity index (χ1n) is 5.69. The van der Waals surface area contributed by atoms with Crippen LogP contribution >= 0.6 is 0 Å². The van der Waals surface area contributed by atoms with Gasteiger partial charge in [0.05, 0.1) is 12.6 Å². The van der Waals surface area contributed by atoms with Gasteiger partial charge >= 0.3 is 0 Å². The van der Waals surface area contributed by atoms with Gasteiger partial charge in [-0.1, -0.05) is 18.2 Å². The largest absolute Gasteiger partial charge is 0.497 e. The lowest BCUT2D eigenvalue weighted by Crippen LogP contribution is -1.93. The lowest BCUT2D eigenvalue weighted by atomic mass is 10.1. The summed E-state index contributed by atoms with van der Waals surface area (Å²) in [7, 11) is 1.69. The quantitative estimate of drug-likeness (QED) is 0.648. The minimum absolute atomic E-state index is 0.719. The lowest BCUT2D eigenvalue weighted by molar-refractivity contribution is 0.415. The summed E-state index contributed by atoms with van der Waals surface area (Å²) in [6.45, 7) is 4.73. The van der Waals surface area contributed by atoms with Crippen molar-refractivity contribution in [2.45, 2.75) is 6.54 Å². The van der Waals surface area contributed by atoms with Crippen LogP contribution in [0.1, 0.15) is 0 Å². The van der Waals surface area contributed by atoms with E-state index in [4.69, 9.17) is 4.74 Å². The molecular weight excluding hydrogens is 210 g/mol. The van der Waals surface area contributed by atoms with Crippen molar-refractivity contribution < 1.29 is 4.74 Å².